The van der Waals surface area contributed by atoms with Crippen molar-refractivity contribution in [1.82, 2.24) is 19.4 Å². The van der Waals surface area contributed by atoms with Gasteiger partial charge in [0, 0.05) is 64.0 Å². The zero-order chi connectivity index (χ0) is 18.8. The van der Waals surface area contributed by atoms with Crippen molar-refractivity contribution in [3.05, 3.63) is 53.6 Å². The summed E-state index contributed by atoms with van der Waals surface area (Å²) in [7, 11) is 0. The summed E-state index contributed by atoms with van der Waals surface area (Å²) in [6.07, 6.45) is 5.58. The SMILES string of the molecule is CC(C)c1ccc(CN2CCN(C(=O)[C@H]3CCn4ccnc4C3)CC2)cc1. The number of imidazole rings is 1. The maximum absolute atomic E-state index is 12.9. The van der Waals surface area contributed by atoms with E-state index < -0.39 is 0 Å². The first-order valence-electron chi connectivity index (χ1n) is 10.2. The Balaban J connectivity index is 1.28. The molecule has 3 heterocycles. The average molecular weight is 367 g/mol. The Morgan fingerprint density at radius 3 is 2.56 bits per heavy atom. The minimum Gasteiger partial charge on any atom is -0.340 e. The van der Waals surface area contributed by atoms with Crippen LogP contribution < -0.4 is 0 Å². The molecule has 1 atom stereocenters. The number of aromatic nitrogens is 2. The van der Waals surface area contributed by atoms with Gasteiger partial charge in [-0.1, -0.05) is 38.1 Å². The van der Waals surface area contributed by atoms with Crippen molar-refractivity contribution < 1.29 is 4.79 Å². The lowest BCUT2D eigenvalue weighted by atomic mass is 9.96. The van der Waals surface area contributed by atoms with Gasteiger partial charge in [-0.15, -0.1) is 0 Å². The van der Waals surface area contributed by atoms with Gasteiger partial charge in [0.15, 0.2) is 0 Å². The van der Waals surface area contributed by atoms with Crippen LogP contribution in [0.4, 0.5) is 0 Å². The normalized spacial score (nSPS) is 20.7. The summed E-state index contributed by atoms with van der Waals surface area (Å²) in [5.74, 6) is 2.06. The maximum atomic E-state index is 12.9. The van der Waals surface area contributed by atoms with E-state index in [2.05, 4.69) is 57.5 Å². The first-order valence-corrected chi connectivity index (χ1v) is 10.2. The molecule has 0 unspecified atom stereocenters. The summed E-state index contributed by atoms with van der Waals surface area (Å²) in [6, 6.07) is 8.98. The van der Waals surface area contributed by atoms with Crippen LogP contribution in [0.1, 0.15) is 43.1 Å². The highest BCUT2D eigenvalue weighted by Gasteiger charge is 2.30. The van der Waals surface area contributed by atoms with Gasteiger partial charge in [-0.3, -0.25) is 9.69 Å². The van der Waals surface area contributed by atoms with Crippen LogP contribution in [0.5, 0.6) is 0 Å². The molecule has 5 heteroatoms. The van der Waals surface area contributed by atoms with E-state index in [1.165, 1.54) is 11.1 Å². The van der Waals surface area contributed by atoms with E-state index in [0.29, 0.717) is 11.8 Å². The van der Waals surface area contributed by atoms with Crippen molar-refractivity contribution >= 4 is 5.91 Å². The molecular formula is C22H30N4O. The molecule has 0 spiro atoms. The van der Waals surface area contributed by atoms with Gasteiger partial charge in [0.2, 0.25) is 5.91 Å². The Hall–Kier alpha value is -2.14. The topological polar surface area (TPSA) is 41.4 Å². The molecular weight excluding hydrogens is 336 g/mol. The van der Waals surface area contributed by atoms with Crippen LogP contribution in [0.15, 0.2) is 36.7 Å². The summed E-state index contributed by atoms with van der Waals surface area (Å²) in [5.41, 5.74) is 2.75. The lowest BCUT2D eigenvalue weighted by Gasteiger charge is -2.37. The van der Waals surface area contributed by atoms with E-state index in [0.717, 1.165) is 57.9 Å². The fourth-order valence-electron chi connectivity index (χ4n) is 4.21. The third-order valence-corrected chi connectivity index (χ3v) is 6.03. The third-order valence-electron chi connectivity index (χ3n) is 6.03. The second-order valence-corrected chi connectivity index (χ2v) is 8.22. The number of piperazine rings is 1. The fraction of sp³-hybridized carbons (Fsp3) is 0.545. The second-order valence-electron chi connectivity index (χ2n) is 8.22. The quantitative estimate of drug-likeness (QED) is 0.835. The van der Waals surface area contributed by atoms with E-state index in [9.17, 15) is 4.79 Å². The van der Waals surface area contributed by atoms with Crippen molar-refractivity contribution in [2.24, 2.45) is 5.92 Å². The van der Waals surface area contributed by atoms with Crippen LogP contribution in [0.3, 0.4) is 0 Å². The molecule has 27 heavy (non-hydrogen) atoms. The van der Waals surface area contributed by atoms with Crippen LogP contribution in [0.25, 0.3) is 0 Å². The predicted molar refractivity (Wildman–Crippen MR) is 106 cm³/mol. The van der Waals surface area contributed by atoms with Crippen LogP contribution in [0.2, 0.25) is 0 Å². The van der Waals surface area contributed by atoms with Crippen molar-refractivity contribution in [2.75, 3.05) is 26.2 Å². The number of hydrogen-bond donors (Lipinski definition) is 0. The first-order chi connectivity index (χ1) is 13.1. The first kappa shape index (κ1) is 18.2. The highest BCUT2D eigenvalue weighted by molar-refractivity contribution is 5.79. The molecule has 1 fully saturated rings. The lowest BCUT2D eigenvalue weighted by molar-refractivity contribution is -0.138. The molecule has 2 aliphatic rings. The minimum absolute atomic E-state index is 0.107. The van der Waals surface area contributed by atoms with Gasteiger partial charge in [-0.2, -0.15) is 0 Å². The van der Waals surface area contributed by atoms with Crippen LogP contribution >= 0.6 is 0 Å². The molecule has 144 valence electrons. The van der Waals surface area contributed by atoms with E-state index in [1.54, 1.807) is 0 Å². The van der Waals surface area contributed by atoms with Crippen LogP contribution in [0, 0.1) is 5.92 Å². The molecule has 5 nitrogen and oxygen atoms in total. The molecule has 0 N–H and O–H groups in total. The predicted octanol–water partition coefficient (Wildman–Crippen LogP) is 2.91. The summed E-state index contributed by atoms with van der Waals surface area (Å²) >= 11 is 0. The number of amides is 1. The number of aryl methyl sites for hydroxylation is 1. The van der Waals surface area contributed by atoms with Gasteiger partial charge in [0.05, 0.1) is 0 Å². The van der Waals surface area contributed by atoms with Crippen molar-refractivity contribution in [2.45, 2.75) is 45.7 Å². The smallest absolute Gasteiger partial charge is 0.226 e. The molecule has 1 aromatic carbocycles. The number of carbonyl (C=O) groups excluding carboxylic acids is 1. The van der Waals surface area contributed by atoms with E-state index in [1.807, 2.05) is 12.4 Å². The van der Waals surface area contributed by atoms with Crippen molar-refractivity contribution in [3.63, 3.8) is 0 Å². The highest BCUT2D eigenvalue weighted by Crippen LogP contribution is 2.22. The highest BCUT2D eigenvalue weighted by atomic mass is 16.2. The van der Waals surface area contributed by atoms with Gasteiger partial charge in [-0.05, 0) is 23.5 Å². The molecule has 2 aromatic rings. The molecule has 0 aliphatic carbocycles. The number of rotatable bonds is 4. The summed E-state index contributed by atoms with van der Waals surface area (Å²) in [4.78, 5) is 21.8. The van der Waals surface area contributed by atoms with Gasteiger partial charge in [0.1, 0.15) is 5.82 Å². The maximum Gasteiger partial charge on any atom is 0.226 e. The number of nitrogens with zero attached hydrogens (tertiary/aromatic N) is 4. The number of benzene rings is 1. The average Bonchev–Trinajstić information content (AvgIpc) is 3.16. The lowest BCUT2D eigenvalue weighted by Crippen LogP contribution is -2.50. The van der Waals surface area contributed by atoms with Crippen molar-refractivity contribution in [3.8, 4) is 0 Å². The van der Waals surface area contributed by atoms with E-state index in [-0.39, 0.29) is 5.92 Å². The Morgan fingerprint density at radius 1 is 1.11 bits per heavy atom. The Kier molecular flexibility index (Phi) is 5.30. The van der Waals surface area contributed by atoms with Gasteiger partial charge in [0.25, 0.3) is 0 Å². The fourth-order valence-corrected chi connectivity index (χ4v) is 4.21. The summed E-state index contributed by atoms with van der Waals surface area (Å²) in [5, 5.41) is 0. The number of fused-ring (bicyclic) bond motifs is 1. The molecule has 0 saturated carbocycles. The Bertz CT molecular complexity index is 772. The molecule has 2 aliphatic heterocycles. The van der Waals surface area contributed by atoms with E-state index >= 15 is 0 Å². The number of carbonyl (C=O) groups is 1. The molecule has 4 rings (SSSR count). The Morgan fingerprint density at radius 2 is 1.85 bits per heavy atom. The van der Waals surface area contributed by atoms with Gasteiger partial charge < -0.3 is 9.47 Å². The Labute approximate surface area is 162 Å². The molecule has 1 amide bonds. The minimum atomic E-state index is 0.107. The second kappa shape index (κ2) is 7.85. The van der Waals surface area contributed by atoms with Gasteiger partial charge in [-0.25, -0.2) is 4.98 Å². The molecule has 1 aromatic heterocycles. The third kappa shape index (κ3) is 4.08. The van der Waals surface area contributed by atoms with E-state index in [4.69, 9.17) is 0 Å². The molecule has 1 saturated heterocycles. The van der Waals surface area contributed by atoms with Crippen LogP contribution in [-0.4, -0.2) is 51.4 Å². The molecule has 0 bridgehead atoms. The molecule has 0 radical (unpaired) electrons. The summed E-state index contributed by atoms with van der Waals surface area (Å²) < 4.78 is 2.17. The van der Waals surface area contributed by atoms with Crippen LogP contribution in [-0.2, 0) is 24.3 Å². The zero-order valence-corrected chi connectivity index (χ0v) is 16.5. The monoisotopic (exact) mass is 366 g/mol. The number of hydrogen-bond acceptors (Lipinski definition) is 3. The van der Waals surface area contributed by atoms with Gasteiger partial charge >= 0.3 is 0 Å². The zero-order valence-electron chi connectivity index (χ0n) is 16.5. The van der Waals surface area contributed by atoms with Crippen molar-refractivity contribution in [1.29, 1.82) is 0 Å². The standard InChI is InChI=1S/C22H30N4O/c1-17(2)19-5-3-18(4-6-19)16-24-11-13-26(14-12-24)22(27)20-7-9-25-10-8-23-21(25)15-20/h3-6,8,10,17,20H,7,9,11-16H2,1-2H3/t20-/m0/s1. The summed E-state index contributed by atoms with van der Waals surface area (Å²) in [6.45, 7) is 9.94. The largest absolute Gasteiger partial charge is 0.340 e.